The van der Waals surface area contributed by atoms with E-state index in [0.29, 0.717) is 43.4 Å². The monoisotopic (exact) mass is 494 g/mol. The fraction of sp³-hybridized carbons (Fsp3) is 0.240. The van der Waals surface area contributed by atoms with Gasteiger partial charge in [-0.1, -0.05) is 23.5 Å². The molecule has 2 aromatic carbocycles. The molecule has 1 aromatic heterocycles. The fourth-order valence-electron chi connectivity index (χ4n) is 4.14. The number of thiazole rings is 1. The Morgan fingerprint density at radius 2 is 2.06 bits per heavy atom. The van der Waals surface area contributed by atoms with Crippen LogP contribution in [0.4, 0.5) is 0 Å². The van der Waals surface area contributed by atoms with Crippen molar-refractivity contribution in [2.24, 2.45) is 4.99 Å². The summed E-state index contributed by atoms with van der Waals surface area (Å²) in [6, 6.07) is 9.44. The Balaban J connectivity index is 1.70. The zero-order chi connectivity index (χ0) is 24.7. The van der Waals surface area contributed by atoms with E-state index >= 15 is 0 Å². The largest absolute Gasteiger partial charge is 0.504 e. The van der Waals surface area contributed by atoms with E-state index in [2.05, 4.69) is 4.99 Å². The first kappa shape index (κ1) is 22.7. The van der Waals surface area contributed by atoms with Gasteiger partial charge in [-0.2, -0.15) is 0 Å². The summed E-state index contributed by atoms with van der Waals surface area (Å²) in [7, 11) is 1.46. The molecule has 0 amide bonds. The topological polar surface area (TPSA) is 109 Å². The molecule has 2 aliphatic rings. The molecular weight excluding hydrogens is 472 g/mol. The lowest BCUT2D eigenvalue weighted by Crippen LogP contribution is -2.39. The van der Waals surface area contributed by atoms with Crippen LogP contribution in [0.3, 0.4) is 0 Å². The molecule has 1 N–H and O–H groups in total. The first-order chi connectivity index (χ1) is 16.9. The van der Waals surface area contributed by atoms with Crippen LogP contribution in [-0.2, 0) is 9.53 Å². The summed E-state index contributed by atoms with van der Waals surface area (Å²) in [5.41, 5.74) is 1.73. The molecule has 180 valence electrons. The van der Waals surface area contributed by atoms with E-state index in [-0.39, 0.29) is 30.3 Å². The van der Waals surface area contributed by atoms with Gasteiger partial charge in [-0.15, -0.1) is 0 Å². The minimum atomic E-state index is -0.758. The number of phenols is 1. The summed E-state index contributed by atoms with van der Waals surface area (Å²) in [4.78, 5) is 31.6. The summed E-state index contributed by atoms with van der Waals surface area (Å²) in [5.74, 6) is 0.898. The molecule has 0 saturated heterocycles. The third kappa shape index (κ3) is 3.95. The molecule has 0 spiro atoms. The number of methoxy groups -OCH3 is 1. The smallest absolute Gasteiger partial charge is 0.338 e. The van der Waals surface area contributed by atoms with Crippen molar-refractivity contribution < 1.29 is 28.8 Å². The molecule has 0 bridgehead atoms. The fourth-order valence-corrected chi connectivity index (χ4v) is 5.18. The Labute approximate surface area is 203 Å². The molecule has 10 heteroatoms. The van der Waals surface area contributed by atoms with Gasteiger partial charge in [-0.3, -0.25) is 9.36 Å². The molecule has 3 aromatic rings. The SMILES string of the molecule is CCOC(=O)C1=C(C)N=c2sc(=Cc3ccc(OC)c(O)c3)c(=O)n2C1c1ccc2c(c1)OCO2. The molecule has 0 saturated carbocycles. The molecular formula is C25H22N2O7S. The van der Waals surface area contributed by atoms with Crippen molar-refractivity contribution in [2.75, 3.05) is 20.5 Å². The number of aromatic nitrogens is 1. The second-order valence-electron chi connectivity index (χ2n) is 7.85. The van der Waals surface area contributed by atoms with Gasteiger partial charge in [-0.25, -0.2) is 9.79 Å². The first-order valence-electron chi connectivity index (χ1n) is 10.9. The maximum Gasteiger partial charge on any atom is 0.338 e. The number of benzene rings is 2. The number of phenolic OH excluding ortho intramolecular Hbond substituents is 1. The van der Waals surface area contributed by atoms with E-state index in [1.54, 1.807) is 50.3 Å². The van der Waals surface area contributed by atoms with Crippen LogP contribution in [0.15, 0.2) is 57.5 Å². The molecule has 2 aliphatic heterocycles. The minimum absolute atomic E-state index is 0.0345. The van der Waals surface area contributed by atoms with Crippen molar-refractivity contribution >= 4 is 23.4 Å². The molecule has 9 nitrogen and oxygen atoms in total. The molecule has 0 radical (unpaired) electrons. The van der Waals surface area contributed by atoms with E-state index in [0.717, 1.165) is 0 Å². The molecule has 0 fully saturated rings. The van der Waals surface area contributed by atoms with Crippen LogP contribution >= 0.6 is 11.3 Å². The minimum Gasteiger partial charge on any atom is -0.504 e. The number of rotatable bonds is 5. The van der Waals surface area contributed by atoms with Crippen LogP contribution in [0.2, 0.25) is 0 Å². The Hall–Kier alpha value is -4.05. The van der Waals surface area contributed by atoms with Gasteiger partial charge in [0.15, 0.2) is 27.8 Å². The lowest BCUT2D eigenvalue weighted by Gasteiger charge is -2.24. The van der Waals surface area contributed by atoms with Crippen molar-refractivity contribution in [1.82, 2.24) is 4.57 Å². The predicted molar refractivity (Wildman–Crippen MR) is 128 cm³/mol. The van der Waals surface area contributed by atoms with Crippen molar-refractivity contribution in [1.29, 1.82) is 0 Å². The zero-order valence-corrected chi connectivity index (χ0v) is 20.0. The maximum absolute atomic E-state index is 13.6. The highest BCUT2D eigenvalue weighted by Crippen LogP contribution is 2.38. The summed E-state index contributed by atoms with van der Waals surface area (Å²) >= 11 is 1.20. The highest BCUT2D eigenvalue weighted by molar-refractivity contribution is 7.07. The molecule has 1 unspecified atom stereocenters. The number of ether oxygens (including phenoxy) is 4. The van der Waals surface area contributed by atoms with Gasteiger partial charge >= 0.3 is 5.97 Å². The molecule has 5 rings (SSSR count). The number of aromatic hydroxyl groups is 1. The van der Waals surface area contributed by atoms with E-state index in [1.807, 2.05) is 0 Å². The van der Waals surface area contributed by atoms with Crippen molar-refractivity contribution in [3.63, 3.8) is 0 Å². The molecule has 3 heterocycles. The van der Waals surface area contributed by atoms with Crippen molar-refractivity contribution in [3.8, 4) is 23.0 Å². The van der Waals surface area contributed by atoms with Gasteiger partial charge < -0.3 is 24.1 Å². The standard InChI is InChI=1S/C25H22N2O7S/c1-4-32-24(30)21-13(2)26-25-27(22(21)15-6-8-18-19(11-15)34-12-33-18)23(29)20(35-25)10-14-5-7-17(31-3)16(28)9-14/h5-11,22,28H,4,12H2,1-3H3. The van der Waals surface area contributed by atoms with Gasteiger partial charge in [0.25, 0.3) is 5.56 Å². The Morgan fingerprint density at radius 3 is 2.80 bits per heavy atom. The molecule has 0 aliphatic carbocycles. The van der Waals surface area contributed by atoms with E-state index in [9.17, 15) is 14.7 Å². The van der Waals surface area contributed by atoms with Gasteiger partial charge in [0.1, 0.15) is 0 Å². The number of hydrogen-bond acceptors (Lipinski definition) is 9. The van der Waals surface area contributed by atoms with Crippen LogP contribution in [0.5, 0.6) is 23.0 Å². The molecule has 1 atom stereocenters. The van der Waals surface area contributed by atoms with E-state index in [4.69, 9.17) is 18.9 Å². The number of esters is 1. The number of carbonyl (C=O) groups is 1. The average molecular weight is 495 g/mol. The Morgan fingerprint density at radius 1 is 1.26 bits per heavy atom. The quantitative estimate of drug-likeness (QED) is 0.542. The van der Waals surface area contributed by atoms with Gasteiger partial charge in [-0.05, 0) is 55.3 Å². The third-order valence-corrected chi connectivity index (χ3v) is 6.71. The van der Waals surface area contributed by atoms with Crippen LogP contribution in [0.25, 0.3) is 6.08 Å². The van der Waals surface area contributed by atoms with Crippen LogP contribution in [0.1, 0.15) is 31.0 Å². The lowest BCUT2D eigenvalue weighted by atomic mass is 9.95. The van der Waals surface area contributed by atoms with Gasteiger partial charge in [0, 0.05) is 0 Å². The van der Waals surface area contributed by atoms with Gasteiger partial charge in [0.05, 0.1) is 35.6 Å². The van der Waals surface area contributed by atoms with Crippen LogP contribution in [0, 0.1) is 0 Å². The van der Waals surface area contributed by atoms with Gasteiger partial charge in [0.2, 0.25) is 6.79 Å². The van der Waals surface area contributed by atoms with Crippen LogP contribution in [-0.4, -0.2) is 36.2 Å². The zero-order valence-electron chi connectivity index (χ0n) is 19.2. The first-order valence-corrected chi connectivity index (χ1v) is 11.7. The molecule has 35 heavy (non-hydrogen) atoms. The number of carbonyl (C=O) groups excluding carboxylic acids is 1. The highest BCUT2D eigenvalue weighted by atomic mass is 32.1. The summed E-state index contributed by atoms with van der Waals surface area (Å²) in [6.07, 6.45) is 1.67. The number of fused-ring (bicyclic) bond motifs is 2. The Kier molecular flexibility index (Phi) is 5.81. The number of hydrogen-bond donors (Lipinski definition) is 1. The summed E-state index contributed by atoms with van der Waals surface area (Å²) in [6.45, 7) is 3.75. The van der Waals surface area contributed by atoms with Crippen LogP contribution < -0.4 is 29.1 Å². The summed E-state index contributed by atoms with van der Waals surface area (Å²) in [5, 5.41) is 10.1. The highest BCUT2D eigenvalue weighted by Gasteiger charge is 2.34. The van der Waals surface area contributed by atoms with E-state index < -0.39 is 12.0 Å². The van der Waals surface area contributed by atoms with Crippen molar-refractivity contribution in [2.45, 2.75) is 19.9 Å². The summed E-state index contributed by atoms with van der Waals surface area (Å²) < 4.78 is 23.3. The average Bonchev–Trinajstić information content (AvgIpc) is 3.42. The number of allylic oxidation sites excluding steroid dienone is 1. The van der Waals surface area contributed by atoms with E-state index in [1.165, 1.54) is 29.1 Å². The maximum atomic E-state index is 13.6. The second kappa shape index (κ2) is 8.95. The number of nitrogens with zero attached hydrogens (tertiary/aromatic N) is 2. The van der Waals surface area contributed by atoms with Crippen molar-refractivity contribution in [3.05, 3.63) is 78.5 Å². The Bertz CT molecular complexity index is 1550. The third-order valence-electron chi connectivity index (χ3n) is 5.73. The predicted octanol–water partition coefficient (Wildman–Crippen LogP) is 2.24. The lowest BCUT2D eigenvalue weighted by molar-refractivity contribution is -0.139. The second-order valence-corrected chi connectivity index (χ2v) is 8.86. The normalized spacial score (nSPS) is 16.7.